The summed E-state index contributed by atoms with van der Waals surface area (Å²) < 4.78 is 34.4. The van der Waals surface area contributed by atoms with E-state index in [9.17, 15) is 61.0 Å². The average Bonchev–Trinajstić information content (AvgIpc) is 0.792. The molecule has 17 atom stereocenters. The molecule has 3 heterocycles. The van der Waals surface area contributed by atoms with Crippen LogP contribution in [0.3, 0.4) is 0 Å². The first-order valence-electron chi connectivity index (χ1n) is 39.4. The fourth-order valence-corrected chi connectivity index (χ4v) is 13.2. The van der Waals surface area contributed by atoms with Gasteiger partial charge in [0.15, 0.2) is 18.9 Å². The highest BCUT2D eigenvalue weighted by Crippen LogP contribution is 2.33. The summed E-state index contributed by atoms with van der Waals surface area (Å²) in [6.45, 7) is 1.73. The van der Waals surface area contributed by atoms with Crippen LogP contribution in [-0.2, 0) is 33.2 Å². The van der Waals surface area contributed by atoms with Gasteiger partial charge in [0.25, 0.3) is 0 Å². The third-order valence-electron chi connectivity index (χ3n) is 19.6. The van der Waals surface area contributed by atoms with Gasteiger partial charge in [0.1, 0.15) is 73.2 Å². The first-order valence-corrected chi connectivity index (χ1v) is 39.4. The van der Waals surface area contributed by atoms with Gasteiger partial charge < -0.3 is 89.9 Å². The molecule has 568 valence electrons. The van der Waals surface area contributed by atoms with Crippen molar-refractivity contribution in [3.05, 3.63) is 48.6 Å². The number of hydrogen-bond donors (Lipinski definition) is 12. The number of unbranched alkanes of at least 4 members (excludes halogenated alkanes) is 40. The number of aliphatic hydroxyl groups excluding tert-OH is 11. The third-order valence-corrected chi connectivity index (χ3v) is 19.6. The molecule has 3 fully saturated rings. The second-order valence-corrected chi connectivity index (χ2v) is 28.2. The van der Waals surface area contributed by atoms with Crippen molar-refractivity contribution in [3.63, 3.8) is 0 Å². The number of carbonyl (C=O) groups is 1. The summed E-state index contributed by atoms with van der Waals surface area (Å²) in [6.07, 6.45) is 46.9. The molecule has 0 bridgehead atoms. The van der Waals surface area contributed by atoms with Gasteiger partial charge in [-0.05, 0) is 64.2 Å². The molecule has 0 aromatic carbocycles. The Hall–Kier alpha value is -2.25. The summed E-state index contributed by atoms with van der Waals surface area (Å²) in [7, 11) is 0. The zero-order valence-corrected chi connectivity index (χ0v) is 60.6. The zero-order valence-electron chi connectivity index (χ0n) is 60.6. The lowest BCUT2D eigenvalue weighted by atomic mass is 9.96. The van der Waals surface area contributed by atoms with Gasteiger partial charge >= 0.3 is 0 Å². The van der Waals surface area contributed by atoms with Crippen LogP contribution < -0.4 is 5.32 Å². The van der Waals surface area contributed by atoms with Crippen LogP contribution in [0.15, 0.2) is 48.6 Å². The summed E-state index contributed by atoms with van der Waals surface area (Å²) in [4.78, 5) is 13.4. The number of aliphatic hydroxyl groups is 11. The zero-order chi connectivity index (χ0) is 70.4. The van der Waals surface area contributed by atoms with Gasteiger partial charge in [-0.3, -0.25) is 4.79 Å². The van der Waals surface area contributed by atoms with Crippen molar-refractivity contribution in [1.29, 1.82) is 0 Å². The van der Waals surface area contributed by atoms with Crippen molar-refractivity contribution in [1.82, 2.24) is 5.32 Å². The van der Waals surface area contributed by atoms with Crippen LogP contribution in [0.1, 0.15) is 309 Å². The standard InChI is InChI=1S/C78H143NO18/c1-3-5-7-9-11-13-15-17-19-21-22-23-24-25-26-27-28-29-30-31-32-33-34-35-36-37-38-40-42-44-46-48-50-52-54-56-66(84)79-61(62(83)55-53-51-49-47-45-43-41-39-20-18-16-14-12-10-8-6-4-2)60-92-76-72(90)69(87)74(64(58-81)94-76)97-78-73(91)70(88)75(65(59-82)95-78)96-77-71(89)68(86)67(85)63(57-80)93-77/h15,17,21-22,45,47,53,55,61-65,67-78,80-83,85-91H,3-14,16,18-20,23-44,46,48-52,54,56-60H2,1-2H3,(H,79,84)/b17-15-,22-21-,47-45+,55-53+. The third kappa shape index (κ3) is 39.8. The fraction of sp³-hybridized carbons (Fsp3) is 0.885. The minimum absolute atomic E-state index is 0.238. The molecule has 0 saturated carbocycles. The topological polar surface area (TPSA) is 307 Å². The normalized spacial score (nSPS) is 27.1. The second-order valence-electron chi connectivity index (χ2n) is 28.2. The maximum Gasteiger partial charge on any atom is 0.220 e. The highest BCUT2D eigenvalue weighted by Gasteiger charge is 2.53. The van der Waals surface area contributed by atoms with Gasteiger partial charge in [0, 0.05) is 6.42 Å². The van der Waals surface area contributed by atoms with Gasteiger partial charge in [-0.1, -0.05) is 287 Å². The van der Waals surface area contributed by atoms with Gasteiger partial charge in [0.2, 0.25) is 5.91 Å². The first kappa shape index (κ1) is 89.0. The van der Waals surface area contributed by atoms with Crippen LogP contribution >= 0.6 is 0 Å². The monoisotopic (exact) mass is 1380 g/mol. The van der Waals surface area contributed by atoms with Crippen LogP contribution in [0.25, 0.3) is 0 Å². The van der Waals surface area contributed by atoms with Gasteiger partial charge in [0.05, 0.1) is 38.6 Å². The molecule has 12 N–H and O–H groups in total. The smallest absolute Gasteiger partial charge is 0.220 e. The Labute approximate surface area is 586 Å². The number of ether oxygens (including phenoxy) is 6. The minimum Gasteiger partial charge on any atom is -0.394 e. The Kier molecular flexibility index (Phi) is 54.3. The number of carbonyl (C=O) groups excluding carboxylic acids is 1. The SMILES string of the molecule is CCCCCCC/C=C\C/C=C\CCCCCCCCCCCCCCCCCCCCCCCCCC(=O)NC(COC1OC(CO)C(OC2OC(CO)C(OC3OC(CO)C(O)C(O)C3O)C(O)C2O)C(O)C1O)C(O)/C=C/CC/C=C/CCCCCCCCCCCCC. The van der Waals surface area contributed by atoms with Crippen molar-refractivity contribution in [3.8, 4) is 0 Å². The molecule has 3 rings (SSSR count). The molecule has 1 amide bonds. The Bertz CT molecular complexity index is 1940. The predicted molar refractivity (Wildman–Crippen MR) is 383 cm³/mol. The Morgan fingerprint density at radius 2 is 0.691 bits per heavy atom. The van der Waals surface area contributed by atoms with E-state index in [1.807, 2.05) is 6.08 Å². The van der Waals surface area contributed by atoms with Crippen molar-refractivity contribution in [2.75, 3.05) is 26.4 Å². The summed E-state index contributed by atoms with van der Waals surface area (Å²) in [5.41, 5.74) is 0. The average molecular weight is 1380 g/mol. The largest absolute Gasteiger partial charge is 0.394 e. The lowest BCUT2D eigenvalue weighted by Crippen LogP contribution is -2.66. The van der Waals surface area contributed by atoms with E-state index in [0.717, 1.165) is 44.9 Å². The molecule has 17 unspecified atom stereocenters. The molecular weight excluding hydrogens is 1240 g/mol. The molecule has 3 saturated heterocycles. The molecule has 19 heteroatoms. The maximum absolute atomic E-state index is 13.4. The number of nitrogens with one attached hydrogen (secondary N) is 1. The first-order chi connectivity index (χ1) is 47.3. The van der Waals surface area contributed by atoms with Crippen LogP contribution in [0.2, 0.25) is 0 Å². The Balaban J connectivity index is 1.34. The second kappa shape index (κ2) is 59.2. The van der Waals surface area contributed by atoms with Crippen LogP contribution in [-0.4, -0.2) is 193 Å². The van der Waals surface area contributed by atoms with E-state index in [4.69, 9.17) is 28.4 Å². The van der Waals surface area contributed by atoms with Crippen LogP contribution in [0.4, 0.5) is 0 Å². The fourth-order valence-electron chi connectivity index (χ4n) is 13.2. The molecule has 3 aliphatic rings. The van der Waals surface area contributed by atoms with E-state index in [1.165, 1.54) is 231 Å². The number of amides is 1. The van der Waals surface area contributed by atoms with Gasteiger partial charge in [-0.15, -0.1) is 0 Å². The van der Waals surface area contributed by atoms with Crippen LogP contribution in [0, 0.1) is 0 Å². The molecule has 0 aliphatic carbocycles. The molecule has 0 spiro atoms. The Morgan fingerprint density at radius 3 is 1.09 bits per heavy atom. The number of hydrogen-bond acceptors (Lipinski definition) is 18. The predicted octanol–water partition coefficient (Wildman–Crippen LogP) is 12.5. The molecule has 19 nitrogen and oxygen atoms in total. The van der Waals surface area contributed by atoms with Crippen LogP contribution in [0.5, 0.6) is 0 Å². The van der Waals surface area contributed by atoms with Crippen molar-refractivity contribution in [2.24, 2.45) is 0 Å². The van der Waals surface area contributed by atoms with E-state index >= 15 is 0 Å². The number of rotatable bonds is 62. The summed E-state index contributed by atoms with van der Waals surface area (Å²) in [6, 6.07) is -0.989. The van der Waals surface area contributed by atoms with E-state index in [-0.39, 0.29) is 18.9 Å². The molecule has 3 aliphatic heterocycles. The lowest BCUT2D eigenvalue weighted by molar-refractivity contribution is -0.379. The highest BCUT2D eigenvalue weighted by atomic mass is 16.8. The van der Waals surface area contributed by atoms with Gasteiger partial charge in [-0.25, -0.2) is 0 Å². The maximum atomic E-state index is 13.4. The van der Waals surface area contributed by atoms with E-state index in [2.05, 4.69) is 55.6 Å². The summed E-state index contributed by atoms with van der Waals surface area (Å²) in [5, 5.41) is 121. The Morgan fingerprint density at radius 1 is 0.371 bits per heavy atom. The van der Waals surface area contributed by atoms with Crippen molar-refractivity contribution in [2.45, 2.75) is 413 Å². The molecule has 0 aromatic heterocycles. The lowest BCUT2D eigenvalue weighted by Gasteiger charge is -2.48. The summed E-state index contributed by atoms with van der Waals surface area (Å²) in [5.74, 6) is -0.281. The van der Waals surface area contributed by atoms with Crippen molar-refractivity contribution >= 4 is 5.91 Å². The molecular formula is C78H143NO18. The van der Waals surface area contributed by atoms with Crippen molar-refractivity contribution < 1.29 is 89.4 Å². The summed E-state index contributed by atoms with van der Waals surface area (Å²) >= 11 is 0. The van der Waals surface area contributed by atoms with E-state index in [0.29, 0.717) is 12.8 Å². The van der Waals surface area contributed by atoms with E-state index in [1.54, 1.807) is 6.08 Å². The van der Waals surface area contributed by atoms with Gasteiger partial charge in [-0.2, -0.15) is 0 Å². The quantitative estimate of drug-likeness (QED) is 0.0199. The minimum atomic E-state index is -1.98. The molecule has 0 aromatic rings. The number of allylic oxidation sites excluding steroid dienone is 7. The molecule has 97 heavy (non-hydrogen) atoms. The highest BCUT2D eigenvalue weighted by molar-refractivity contribution is 5.76. The van der Waals surface area contributed by atoms with E-state index < -0.39 is 124 Å². The molecule has 0 radical (unpaired) electrons.